The summed E-state index contributed by atoms with van der Waals surface area (Å²) in [4.78, 5) is 31.0. The van der Waals surface area contributed by atoms with Crippen LogP contribution in [0.3, 0.4) is 0 Å². The highest BCUT2D eigenvalue weighted by atomic mass is 32.1. The molecule has 0 saturated heterocycles. The van der Waals surface area contributed by atoms with Gasteiger partial charge in [-0.2, -0.15) is 0 Å². The van der Waals surface area contributed by atoms with Crippen molar-refractivity contribution in [3.8, 4) is 21.9 Å². The lowest BCUT2D eigenvalue weighted by Crippen LogP contribution is -2.35. The van der Waals surface area contributed by atoms with Crippen LogP contribution in [-0.2, 0) is 4.79 Å². The molecule has 0 saturated carbocycles. The molecule has 142 valence electrons. The second kappa shape index (κ2) is 7.83. The number of hydrogen-bond acceptors (Lipinski definition) is 7. The summed E-state index contributed by atoms with van der Waals surface area (Å²) < 4.78 is 11.8. The number of para-hydroxylation sites is 2. The predicted molar refractivity (Wildman–Crippen MR) is 110 cm³/mol. The van der Waals surface area contributed by atoms with E-state index in [1.165, 1.54) is 24.8 Å². The van der Waals surface area contributed by atoms with Gasteiger partial charge in [-0.25, -0.2) is 9.66 Å². The molecule has 9 heteroatoms. The van der Waals surface area contributed by atoms with Gasteiger partial charge in [0.05, 0.1) is 12.5 Å². The van der Waals surface area contributed by atoms with Crippen molar-refractivity contribution in [2.45, 2.75) is 0 Å². The van der Waals surface area contributed by atoms with Crippen LogP contribution >= 0.6 is 22.7 Å². The van der Waals surface area contributed by atoms with Crippen molar-refractivity contribution in [2.75, 3.05) is 19.1 Å². The predicted octanol–water partition coefficient (Wildman–Crippen LogP) is 3.34. The second-order valence-corrected chi connectivity index (χ2v) is 7.51. The standard InChI is InChI=1S/C19H15N3O4S2/c1-25-13-5-2-3-6-14(13)26-9-16(23)21-22-11-20-18-17(19(22)24)12(10-28-18)15-7-4-8-27-15/h2-8,10-11H,9H2,1H3,(H,21,23). The minimum Gasteiger partial charge on any atom is -0.493 e. The molecule has 0 atom stereocenters. The molecule has 3 heterocycles. The Hall–Kier alpha value is -3.17. The van der Waals surface area contributed by atoms with E-state index in [4.69, 9.17) is 9.47 Å². The molecule has 28 heavy (non-hydrogen) atoms. The number of rotatable bonds is 6. The maximum Gasteiger partial charge on any atom is 0.281 e. The van der Waals surface area contributed by atoms with Gasteiger partial charge in [0.1, 0.15) is 11.2 Å². The minimum atomic E-state index is -0.484. The first-order valence-electron chi connectivity index (χ1n) is 8.26. The number of carbonyl (C=O) groups excluding carboxylic acids is 1. The molecule has 0 aliphatic heterocycles. The van der Waals surface area contributed by atoms with Crippen LogP contribution in [0.1, 0.15) is 0 Å². The van der Waals surface area contributed by atoms with Crippen LogP contribution in [0, 0.1) is 0 Å². The fraction of sp³-hybridized carbons (Fsp3) is 0.105. The second-order valence-electron chi connectivity index (χ2n) is 5.70. The van der Waals surface area contributed by atoms with Gasteiger partial charge >= 0.3 is 0 Å². The van der Waals surface area contributed by atoms with Gasteiger partial charge in [0.2, 0.25) is 0 Å². The molecule has 1 aromatic carbocycles. The number of amides is 1. The van der Waals surface area contributed by atoms with E-state index in [1.807, 2.05) is 22.9 Å². The van der Waals surface area contributed by atoms with E-state index in [0.29, 0.717) is 21.7 Å². The summed E-state index contributed by atoms with van der Waals surface area (Å²) in [6.07, 6.45) is 1.31. The zero-order chi connectivity index (χ0) is 19.5. The summed E-state index contributed by atoms with van der Waals surface area (Å²) in [5, 5.41) is 4.34. The van der Waals surface area contributed by atoms with Crippen LogP contribution in [0.5, 0.6) is 11.5 Å². The lowest BCUT2D eigenvalue weighted by atomic mass is 10.2. The number of methoxy groups -OCH3 is 1. The smallest absolute Gasteiger partial charge is 0.281 e. The Kier molecular flexibility index (Phi) is 5.09. The van der Waals surface area contributed by atoms with Gasteiger partial charge < -0.3 is 9.47 Å². The molecule has 4 aromatic rings. The summed E-state index contributed by atoms with van der Waals surface area (Å²) in [7, 11) is 1.52. The summed E-state index contributed by atoms with van der Waals surface area (Å²) in [5.41, 5.74) is 3.00. The zero-order valence-electron chi connectivity index (χ0n) is 14.7. The number of fused-ring (bicyclic) bond motifs is 1. The third kappa shape index (κ3) is 3.49. The molecule has 3 aromatic heterocycles. The van der Waals surface area contributed by atoms with Crippen molar-refractivity contribution < 1.29 is 14.3 Å². The molecule has 0 aliphatic carbocycles. The number of aromatic nitrogens is 2. The van der Waals surface area contributed by atoms with Gasteiger partial charge in [-0.05, 0) is 23.6 Å². The van der Waals surface area contributed by atoms with E-state index in [2.05, 4.69) is 10.4 Å². The molecule has 0 unspecified atom stereocenters. The molecular formula is C19H15N3O4S2. The van der Waals surface area contributed by atoms with Crippen molar-refractivity contribution in [1.29, 1.82) is 0 Å². The Balaban J connectivity index is 1.55. The van der Waals surface area contributed by atoms with Crippen molar-refractivity contribution in [2.24, 2.45) is 0 Å². The largest absolute Gasteiger partial charge is 0.493 e. The van der Waals surface area contributed by atoms with Gasteiger partial charge in [-0.1, -0.05) is 18.2 Å². The Bertz CT molecular complexity index is 1180. The number of hydrogen-bond donors (Lipinski definition) is 1. The van der Waals surface area contributed by atoms with Crippen LogP contribution in [0.2, 0.25) is 0 Å². The van der Waals surface area contributed by atoms with Crippen molar-refractivity contribution in [3.63, 3.8) is 0 Å². The van der Waals surface area contributed by atoms with E-state index in [9.17, 15) is 9.59 Å². The monoisotopic (exact) mass is 413 g/mol. The molecule has 0 fully saturated rings. The third-order valence-electron chi connectivity index (χ3n) is 3.95. The molecule has 0 spiro atoms. The van der Waals surface area contributed by atoms with E-state index >= 15 is 0 Å². The lowest BCUT2D eigenvalue weighted by Gasteiger charge is -2.11. The first-order chi connectivity index (χ1) is 13.7. The van der Waals surface area contributed by atoms with E-state index in [-0.39, 0.29) is 12.2 Å². The first-order valence-corrected chi connectivity index (χ1v) is 10.0. The Morgan fingerprint density at radius 2 is 2.00 bits per heavy atom. The normalized spacial score (nSPS) is 10.8. The molecule has 7 nitrogen and oxygen atoms in total. The van der Waals surface area contributed by atoms with Gasteiger partial charge in [0, 0.05) is 15.8 Å². The average molecular weight is 413 g/mol. The molecule has 1 amide bonds. The fourth-order valence-electron chi connectivity index (χ4n) is 2.67. The Morgan fingerprint density at radius 3 is 2.75 bits per heavy atom. The third-order valence-corrected chi connectivity index (χ3v) is 5.74. The summed E-state index contributed by atoms with van der Waals surface area (Å²) >= 11 is 2.94. The van der Waals surface area contributed by atoms with Gasteiger partial charge in [0.25, 0.3) is 11.5 Å². The van der Waals surface area contributed by atoms with Crippen LogP contribution in [0.4, 0.5) is 0 Å². The van der Waals surface area contributed by atoms with E-state index in [0.717, 1.165) is 15.1 Å². The quantitative estimate of drug-likeness (QED) is 0.524. The van der Waals surface area contributed by atoms with Crippen LogP contribution in [-0.4, -0.2) is 29.3 Å². The molecule has 0 radical (unpaired) electrons. The average Bonchev–Trinajstić information content (AvgIpc) is 3.38. The summed E-state index contributed by atoms with van der Waals surface area (Å²) in [5.74, 6) is 0.482. The number of nitrogens with zero attached hydrogens (tertiary/aromatic N) is 2. The SMILES string of the molecule is COc1ccccc1OCC(=O)Nn1cnc2scc(-c3cccs3)c2c1=O. The highest BCUT2D eigenvalue weighted by Gasteiger charge is 2.15. The molecule has 4 rings (SSSR count). The highest BCUT2D eigenvalue weighted by molar-refractivity contribution is 7.18. The topological polar surface area (TPSA) is 82.4 Å². The number of carbonyl (C=O) groups is 1. The lowest BCUT2D eigenvalue weighted by molar-refractivity contribution is -0.119. The Morgan fingerprint density at radius 1 is 1.18 bits per heavy atom. The van der Waals surface area contributed by atoms with Crippen molar-refractivity contribution in [3.05, 3.63) is 63.8 Å². The maximum atomic E-state index is 12.9. The zero-order valence-corrected chi connectivity index (χ0v) is 16.4. The van der Waals surface area contributed by atoms with Gasteiger partial charge in [0.15, 0.2) is 18.1 Å². The Labute approximate surface area is 167 Å². The summed E-state index contributed by atoms with van der Waals surface area (Å²) in [6, 6.07) is 10.9. The van der Waals surface area contributed by atoms with Crippen molar-refractivity contribution in [1.82, 2.24) is 9.66 Å². The number of ether oxygens (including phenoxy) is 2. The van der Waals surface area contributed by atoms with E-state index in [1.54, 1.807) is 35.6 Å². The highest BCUT2D eigenvalue weighted by Crippen LogP contribution is 2.33. The van der Waals surface area contributed by atoms with Crippen LogP contribution in [0.25, 0.3) is 20.7 Å². The van der Waals surface area contributed by atoms with E-state index < -0.39 is 5.91 Å². The van der Waals surface area contributed by atoms with Crippen LogP contribution in [0.15, 0.2) is 58.3 Å². The van der Waals surface area contributed by atoms with Crippen LogP contribution < -0.4 is 20.5 Å². The maximum absolute atomic E-state index is 12.9. The fourth-order valence-corrected chi connectivity index (χ4v) is 4.39. The molecule has 1 N–H and O–H groups in total. The van der Waals surface area contributed by atoms with Gasteiger partial charge in [-0.3, -0.25) is 15.0 Å². The number of nitrogens with one attached hydrogen (secondary N) is 1. The van der Waals surface area contributed by atoms with Gasteiger partial charge in [-0.15, -0.1) is 22.7 Å². The molecular weight excluding hydrogens is 398 g/mol. The molecule has 0 aliphatic rings. The van der Waals surface area contributed by atoms with Crippen molar-refractivity contribution >= 4 is 38.8 Å². The number of benzene rings is 1. The minimum absolute atomic E-state index is 0.272. The first kappa shape index (κ1) is 18.2. The summed E-state index contributed by atoms with van der Waals surface area (Å²) in [6.45, 7) is -0.272. The number of thiophene rings is 2. The molecule has 0 bridgehead atoms.